The molecule has 1 N–H and O–H groups in total. The molecule has 0 amide bonds. The van der Waals surface area contributed by atoms with Crippen LogP contribution in [0.3, 0.4) is 0 Å². The molecule has 0 fully saturated rings. The second-order valence-corrected chi connectivity index (χ2v) is 4.43. The maximum Gasteiger partial charge on any atom is 0.140 e. The molecule has 0 saturated carbocycles. The van der Waals surface area contributed by atoms with E-state index in [1.807, 2.05) is 13.8 Å². The van der Waals surface area contributed by atoms with Crippen molar-refractivity contribution < 1.29 is 8.81 Å². The van der Waals surface area contributed by atoms with Gasteiger partial charge in [0, 0.05) is 0 Å². The topological polar surface area (TPSA) is 25.2 Å². The third kappa shape index (κ3) is 2.34. The average molecular weight is 235 g/mol. The second kappa shape index (κ2) is 4.88. The molecule has 1 aromatic carbocycles. The summed E-state index contributed by atoms with van der Waals surface area (Å²) in [6.45, 7) is 7.00. The lowest BCUT2D eigenvalue weighted by molar-refractivity contribution is 0.451. The number of benzene rings is 1. The highest BCUT2D eigenvalue weighted by atomic mass is 19.1. The molecule has 1 aromatic heterocycles. The second-order valence-electron chi connectivity index (χ2n) is 4.43. The smallest absolute Gasteiger partial charge is 0.140 e. The fraction of sp³-hybridized carbons (Fsp3) is 0.429. The van der Waals surface area contributed by atoms with E-state index >= 15 is 0 Å². The van der Waals surface area contributed by atoms with Gasteiger partial charge in [0.05, 0.1) is 11.4 Å². The maximum absolute atomic E-state index is 13.6. The molecule has 0 spiro atoms. The van der Waals surface area contributed by atoms with Crippen molar-refractivity contribution in [3.05, 3.63) is 35.3 Å². The normalized spacial score (nSPS) is 13.2. The number of hydrogen-bond donors (Lipinski definition) is 1. The van der Waals surface area contributed by atoms with Crippen molar-refractivity contribution in [2.24, 2.45) is 0 Å². The molecule has 0 aliphatic rings. The standard InChI is InChI=1S/C14H18FNO/c1-4-7-16-10(3)13-8-11-12(15)6-5-9(2)14(11)17-13/h5-6,8,10,16H,4,7H2,1-3H3. The van der Waals surface area contributed by atoms with Crippen LogP contribution in [0.1, 0.15) is 37.6 Å². The van der Waals surface area contributed by atoms with Gasteiger partial charge in [0.1, 0.15) is 17.2 Å². The Kier molecular flexibility index (Phi) is 3.48. The molecule has 0 radical (unpaired) electrons. The van der Waals surface area contributed by atoms with Crippen LogP contribution < -0.4 is 5.32 Å². The Hall–Kier alpha value is -1.35. The van der Waals surface area contributed by atoms with Crippen LogP contribution in [0.15, 0.2) is 22.6 Å². The van der Waals surface area contributed by atoms with Crippen LogP contribution in [-0.4, -0.2) is 6.54 Å². The fourth-order valence-corrected chi connectivity index (χ4v) is 1.92. The Bertz CT molecular complexity index is 479. The molecule has 2 aromatic rings. The summed E-state index contributed by atoms with van der Waals surface area (Å²) in [5.74, 6) is 0.574. The number of aryl methyl sites for hydroxylation is 1. The average Bonchev–Trinajstić information content (AvgIpc) is 2.77. The van der Waals surface area contributed by atoms with Gasteiger partial charge in [-0.1, -0.05) is 13.0 Å². The van der Waals surface area contributed by atoms with Gasteiger partial charge in [-0.05, 0) is 44.5 Å². The van der Waals surface area contributed by atoms with Crippen LogP contribution in [0.5, 0.6) is 0 Å². The highest BCUT2D eigenvalue weighted by molar-refractivity contribution is 5.81. The van der Waals surface area contributed by atoms with Gasteiger partial charge < -0.3 is 9.73 Å². The first-order valence-corrected chi connectivity index (χ1v) is 6.05. The van der Waals surface area contributed by atoms with Crippen molar-refractivity contribution in [3.63, 3.8) is 0 Å². The van der Waals surface area contributed by atoms with Gasteiger partial charge in [-0.2, -0.15) is 0 Å². The lowest BCUT2D eigenvalue weighted by atomic mass is 10.1. The summed E-state index contributed by atoms with van der Waals surface area (Å²) in [5.41, 5.74) is 1.63. The van der Waals surface area contributed by atoms with Gasteiger partial charge in [0.15, 0.2) is 0 Å². The summed E-state index contributed by atoms with van der Waals surface area (Å²) in [7, 11) is 0. The van der Waals surface area contributed by atoms with Crippen molar-refractivity contribution in [2.45, 2.75) is 33.2 Å². The van der Waals surface area contributed by atoms with Gasteiger partial charge in [0.25, 0.3) is 0 Å². The van der Waals surface area contributed by atoms with E-state index in [4.69, 9.17) is 4.42 Å². The molecule has 0 aliphatic heterocycles. The minimum atomic E-state index is -0.219. The Morgan fingerprint density at radius 3 is 2.82 bits per heavy atom. The Labute approximate surface area is 101 Å². The fourth-order valence-electron chi connectivity index (χ4n) is 1.92. The van der Waals surface area contributed by atoms with E-state index in [-0.39, 0.29) is 11.9 Å². The van der Waals surface area contributed by atoms with Gasteiger partial charge in [-0.15, -0.1) is 0 Å². The zero-order chi connectivity index (χ0) is 12.4. The highest BCUT2D eigenvalue weighted by Crippen LogP contribution is 2.28. The van der Waals surface area contributed by atoms with Crippen LogP contribution in [0.4, 0.5) is 4.39 Å². The van der Waals surface area contributed by atoms with Gasteiger partial charge in [0.2, 0.25) is 0 Å². The molecule has 1 unspecified atom stereocenters. The van der Waals surface area contributed by atoms with E-state index in [1.165, 1.54) is 6.07 Å². The van der Waals surface area contributed by atoms with Crippen molar-refractivity contribution in [1.29, 1.82) is 0 Å². The molecule has 2 rings (SSSR count). The van der Waals surface area contributed by atoms with E-state index < -0.39 is 0 Å². The number of furan rings is 1. The van der Waals surface area contributed by atoms with Crippen LogP contribution >= 0.6 is 0 Å². The molecule has 17 heavy (non-hydrogen) atoms. The molecule has 0 saturated heterocycles. The third-order valence-corrected chi connectivity index (χ3v) is 2.97. The third-order valence-electron chi connectivity index (χ3n) is 2.97. The number of halogens is 1. The largest absolute Gasteiger partial charge is 0.459 e. The first-order valence-electron chi connectivity index (χ1n) is 6.05. The molecule has 3 heteroatoms. The Morgan fingerprint density at radius 1 is 1.41 bits per heavy atom. The SMILES string of the molecule is CCCNC(C)c1cc2c(F)ccc(C)c2o1. The first-order chi connectivity index (χ1) is 8.13. The van der Waals surface area contributed by atoms with Crippen LogP contribution in [0, 0.1) is 12.7 Å². The summed E-state index contributed by atoms with van der Waals surface area (Å²) >= 11 is 0. The monoisotopic (exact) mass is 235 g/mol. The molecule has 0 aliphatic carbocycles. The highest BCUT2D eigenvalue weighted by Gasteiger charge is 2.14. The van der Waals surface area contributed by atoms with Crippen molar-refractivity contribution in [3.8, 4) is 0 Å². The summed E-state index contributed by atoms with van der Waals surface area (Å²) in [6.07, 6.45) is 1.07. The molecule has 0 bridgehead atoms. The minimum Gasteiger partial charge on any atom is -0.459 e. The number of fused-ring (bicyclic) bond motifs is 1. The predicted molar refractivity (Wildman–Crippen MR) is 67.6 cm³/mol. The van der Waals surface area contributed by atoms with E-state index in [0.717, 1.165) is 24.3 Å². The van der Waals surface area contributed by atoms with Crippen LogP contribution in [0.25, 0.3) is 11.0 Å². The summed E-state index contributed by atoms with van der Waals surface area (Å²) in [4.78, 5) is 0. The maximum atomic E-state index is 13.6. The van der Waals surface area contributed by atoms with E-state index in [0.29, 0.717) is 11.0 Å². The van der Waals surface area contributed by atoms with Gasteiger partial charge in [-0.3, -0.25) is 0 Å². The van der Waals surface area contributed by atoms with E-state index in [9.17, 15) is 4.39 Å². The zero-order valence-electron chi connectivity index (χ0n) is 10.5. The van der Waals surface area contributed by atoms with Crippen molar-refractivity contribution >= 4 is 11.0 Å². The lowest BCUT2D eigenvalue weighted by Gasteiger charge is -2.09. The van der Waals surface area contributed by atoms with E-state index in [2.05, 4.69) is 12.2 Å². The first kappa shape index (κ1) is 12.1. The summed E-state index contributed by atoms with van der Waals surface area (Å²) < 4.78 is 19.4. The number of hydrogen-bond acceptors (Lipinski definition) is 2. The quantitative estimate of drug-likeness (QED) is 0.868. The molecular formula is C14H18FNO. The number of nitrogens with one attached hydrogen (secondary N) is 1. The number of rotatable bonds is 4. The Balaban J connectivity index is 2.37. The molecular weight excluding hydrogens is 217 g/mol. The van der Waals surface area contributed by atoms with Crippen LogP contribution in [-0.2, 0) is 0 Å². The van der Waals surface area contributed by atoms with E-state index in [1.54, 1.807) is 12.1 Å². The zero-order valence-corrected chi connectivity index (χ0v) is 10.5. The van der Waals surface area contributed by atoms with Gasteiger partial charge in [-0.25, -0.2) is 4.39 Å². The molecule has 1 heterocycles. The minimum absolute atomic E-state index is 0.112. The Morgan fingerprint density at radius 2 is 2.18 bits per heavy atom. The lowest BCUT2D eigenvalue weighted by Crippen LogP contribution is -2.18. The van der Waals surface area contributed by atoms with Crippen molar-refractivity contribution in [2.75, 3.05) is 6.54 Å². The molecule has 2 nitrogen and oxygen atoms in total. The summed E-state index contributed by atoms with van der Waals surface area (Å²) in [6, 6.07) is 5.14. The van der Waals surface area contributed by atoms with Crippen LogP contribution in [0.2, 0.25) is 0 Å². The van der Waals surface area contributed by atoms with Gasteiger partial charge >= 0.3 is 0 Å². The van der Waals surface area contributed by atoms with Crippen molar-refractivity contribution in [1.82, 2.24) is 5.32 Å². The molecule has 92 valence electrons. The summed E-state index contributed by atoms with van der Waals surface area (Å²) in [5, 5.41) is 3.91. The predicted octanol–water partition coefficient (Wildman–Crippen LogP) is 3.94. The molecule has 1 atom stereocenters.